The summed E-state index contributed by atoms with van der Waals surface area (Å²) in [5.74, 6) is 0. The van der Waals surface area contributed by atoms with Crippen LogP contribution in [0.15, 0.2) is 42.7 Å². The van der Waals surface area contributed by atoms with Gasteiger partial charge in [0.15, 0.2) is 6.33 Å². The molecule has 0 saturated carbocycles. The summed E-state index contributed by atoms with van der Waals surface area (Å²) in [7, 11) is 0. The van der Waals surface area contributed by atoms with E-state index in [4.69, 9.17) is 0 Å². The van der Waals surface area contributed by atoms with E-state index in [-0.39, 0.29) is 0 Å². The number of benzene rings is 1. The number of para-hydroxylation sites is 2. The van der Waals surface area contributed by atoms with E-state index in [0.29, 0.717) is 0 Å². The first kappa shape index (κ1) is 11.0. The number of fused-ring (bicyclic) bond motifs is 1. The molecule has 0 saturated heterocycles. The van der Waals surface area contributed by atoms with Crippen molar-refractivity contribution in [3.05, 3.63) is 59.7 Å². The van der Waals surface area contributed by atoms with Crippen LogP contribution in [0, 0.1) is 20.8 Å². The van der Waals surface area contributed by atoms with Crippen molar-refractivity contribution >= 4 is 11.0 Å². The van der Waals surface area contributed by atoms with Crippen molar-refractivity contribution in [3.63, 3.8) is 0 Å². The molecular weight excluding hydrogens is 222 g/mol. The normalized spacial score (nSPS) is 11.1. The second kappa shape index (κ2) is 3.95. The maximum absolute atomic E-state index is 4.44. The molecule has 18 heavy (non-hydrogen) atoms. The topological polar surface area (TPSA) is 21.7 Å². The summed E-state index contributed by atoms with van der Waals surface area (Å²) in [4.78, 5) is 4.44. The highest BCUT2D eigenvalue weighted by molar-refractivity contribution is 5.74. The minimum Gasteiger partial charge on any atom is -0.230 e. The Bertz CT molecular complexity index is 702. The first-order valence-electron chi connectivity index (χ1n) is 6.09. The molecule has 3 heteroatoms. The number of imidazole rings is 1. The zero-order valence-corrected chi connectivity index (χ0v) is 10.9. The van der Waals surface area contributed by atoms with Crippen molar-refractivity contribution in [2.75, 3.05) is 0 Å². The molecule has 0 fully saturated rings. The molecule has 2 heterocycles. The van der Waals surface area contributed by atoms with Gasteiger partial charge in [-0.1, -0.05) is 16.8 Å². The lowest BCUT2D eigenvalue weighted by Gasteiger charge is -2.05. The average molecular weight is 238 g/mol. The van der Waals surface area contributed by atoms with Crippen LogP contribution in [-0.2, 0) is 0 Å². The second-order valence-corrected chi connectivity index (χ2v) is 4.71. The van der Waals surface area contributed by atoms with E-state index in [2.05, 4.69) is 53.3 Å². The molecule has 0 N–H and O–H groups in total. The average Bonchev–Trinajstić information content (AvgIpc) is 2.72. The molecule has 0 aliphatic heterocycles. The molecule has 2 aromatic heterocycles. The predicted molar refractivity (Wildman–Crippen MR) is 71.4 cm³/mol. The minimum absolute atomic E-state index is 1.02. The molecule has 0 spiro atoms. The van der Waals surface area contributed by atoms with Crippen molar-refractivity contribution in [1.29, 1.82) is 0 Å². The van der Waals surface area contributed by atoms with Gasteiger partial charge in [0.2, 0.25) is 11.4 Å². The minimum atomic E-state index is 1.02. The fourth-order valence-electron chi connectivity index (χ4n) is 2.55. The summed E-state index contributed by atoms with van der Waals surface area (Å²) in [5, 5.41) is 0. The first-order chi connectivity index (χ1) is 8.66. The third-order valence-electron chi connectivity index (χ3n) is 3.19. The van der Waals surface area contributed by atoms with Gasteiger partial charge in [-0.3, -0.25) is 0 Å². The smallest absolute Gasteiger partial charge is 0.210 e. The number of hydrogen-bond acceptors (Lipinski definition) is 1. The van der Waals surface area contributed by atoms with Crippen molar-refractivity contribution < 1.29 is 4.68 Å². The van der Waals surface area contributed by atoms with Crippen LogP contribution in [0.25, 0.3) is 11.0 Å². The lowest BCUT2D eigenvalue weighted by Crippen LogP contribution is -2.46. The van der Waals surface area contributed by atoms with Gasteiger partial charge in [-0.25, -0.2) is 4.98 Å². The molecule has 1 aromatic carbocycles. The summed E-state index contributed by atoms with van der Waals surface area (Å²) in [5.41, 5.74) is 5.83. The van der Waals surface area contributed by atoms with Crippen LogP contribution >= 0.6 is 0 Å². The van der Waals surface area contributed by atoms with Crippen LogP contribution in [0.2, 0.25) is 0 Å². The quantitative estimate of drug-likeness (QED) is 0.597. The number of aromatic nitrogens is 3. The number of rotatable bonds is 1. The molecular formula is C15H16N3+. The van der Waals surface area contributed by atoms with Gasteiger partial charge in [0.25, 0.3) is 0 Å². The van der Waals surface area contributed by atoms with Gasteiger partial charge in [-0.2, -0.15) is 0 Å². The molecule has 3 nitrogen and oxygen atoms in total. The van der Waals surface area contributed by atoms with Gasteiger partial charge in [0.05, 0.1) is 5.52 Å². The van der Waals surface area contributed by atoms with Gasteiger partial charge in [-0.05, 0) is 24.6 Å². The number of hydrogen-bond donors (Lipinski definition) is 0. The summed E-state index contributed by atoms with van der Waals surface area (Å²) in [6, 6.07) is 12.5. The third-order valence-corrected chi connectivity index (χ3v) is 3.19. The van der Waals surface area contributed by atoms with Crippen LogP contribution < -0.4 is 4.68 Å². The molecule has 90 valence electrons. The lowest BCUT2D eigenvalue weighted by atomic mass is 10.2. The Kier molecular flexibility index (Phi) is 2.40. The van der Waals surface area contributed by atoms with Gasteiger partial charge >= 0.3 is 0 Å². The Hall–Kier alpha value is -2.16. The van der Waals surface area contributed by atoms with Gasteiger partial charge in [0.1, 0.15) is 5.52 Å². The maximum atomic E-state index is 4.44. The molecule has 0 aliphatic rings. The van der Waals surface area contributed by atoms with Crippen molar-refractivity contribution in [3.8, 4) is 0 Å². The lowest BCUT2D eigenvalue weighted by molar-refractivity contribution is -0.735. The molecule has 3 aromatic rings. The van der Waals surface area contributed by atoms with E-state index in [1.165, 1.54) is 17.0 Å². The van der Waals surface area contributed by atoms with Crippen LogP contribution in [0.1, 0.15) is 17.0 Å². The second-order valence-electron chi connectivity index (χ2n) is 4.71. The van der Waals surface area contributed by atoms with E-state index >= 15 is 0 Å². The molecule has 0 bridgehead atoms. The van der Waals surface area contributed by atoms with Crippen molar-refractivity contribution in [2.45, 2.75) is 20.8 Å². The highest BCUT2D eigenvalue weighted by atomic mass is 15.5. The van der Waals surface area contributed by atoms with Gasteiger partial charge in [0, 0.05) is 26.0 Å². The zero-order valence-electron chi connectivity index (χ0n) is 10.9. The van der Waals surface area contributed by atoms with Crippen LogP contribution in [-0.4, -0.2) is 9.66 Å². The first-order valence-corrected chi connectivity index (χ1v) is 6.09. The highest BCUT2D eigenvalue weighted by Crippen LogP contribution is 2.11. The van der Waals surface area contributed by atoms with E-state index < -0.39 is 0 Å². The monoisotopic (exact) mass is 238 g/mol. The maximum Gasteiger partial charge on any atom is 0.210 e. The fourth-order valence-corrected chi connectivity index (χ4v) is 2.55. The van der Waals surface area contributed by atoms with E-state index in [1.807, 2.05) is 24.5 Å². The SMILES string of the molecule is Cc1cc(C)[n+](-n2cnc3ccccc32)c(C)c1. The highest BCUT2D eigenvalue weighted by Gasteiger charge is 2.16. The standard InChI is InChI=1S/C15H16N3/c1-11-8-12(2)18(13(3)9-11)17-10-16-14-6-4-5-7-15(14)17/h4-10H,1-3H3/q+1. The predicted octanol–water partition coefficient (Wildman–Crippen LogP) is 2.56. The molecule has 0 aliphatic carbocycles. The Morgan fingerprint density at radius 1 is 1.00 bits per heavy atom. The van der Waals surface area contributed by atoms with E-state index in [1.54, 1.807) is 0 Å². The van der Waals surface area contributed by atoms with Gasteiger partial charge in [-0.15, -0.1) is 4.68 Å². The summed E-state index contributed by atoms with van der Waals surface area (Å²) >= 11 is 0. The fraction of sp³-hybridized carbons (Fsp3) is 0.200. The number of aryl methyl sites for hydroxylation is 3. The molecule has 3 rings (SSSR count). The largest absolute Gasteiger partial charge is 0.230 e. The number of nitrogens with zero attached hydrogens (tertiary/aromatic N) is 3. The van der Waals surface area contributed by atoms with Crippen molar-refractivity contribution in [1.82, 2.24) is 9.66 Å². The zero-order chi connectivity index (χ0) is 12.7. The van der Waals surface area contributed by atoms with Gasteiger partial charge < -0.3 is 0 Å². The Morgan fingerprint density at radius 3 is 2.39 bits per heavy atom. The Morgan fingerprint density at radius 2 is 1.67 bits per heavy atom. The van der Waals surface area contributed by atoms with Crippen LogP contribution in [0.4, 0.5) is 0 Å². The Labute approximate surface area is 106 Å². The number of pyridine rings is 1. The molecule has 0 amide bonds. The van der Waals surface area contributed by atoms with E-state index in [0.717, 1.165) is 11.0 Å². The van der Waals surface area contributed by atoms with Crippen LogP contribution in [0.5, 0.6) is 0 Å². The summed E-state index contributed by atoms with van der Waals surface area (Å²) in [6.45, 7) is 6.36. The summed E-state index contributed by atoms with van der Waals surface area (Å²) < 4.78 is 4.28. The van der Waals surface area contributed by atoms with Crippen molar-refractivity contribution in [2.24, 2.45) is 0 Å². The van der Waals surface area contributed by atoms with E-state index in [9.17, 15) is 0 Å². The summed E-state index contributed by atoms with van der Waals surface area (Å²) in [6.07, 6.45) is 1.88. The molecule has 0 radical (unpaired) electrons. The van der Waals surface area contributed by atoms with Crippen LogP contribution in [0.3, 0.4) is 0 Å². The molecule has 0 atom stereocenters. The Balaban J connectivity index is 2.33. The third kappa shape index (κ3) is 1.59. The molecule has 0 unspecified atom stereocenters.